The Morgan fingerprint density at radius 1 is 1.29 bits per heavy atom. The maximum Gasteiger partial charge on any atom is 0.251 e. The predicted molar refractivity (Wildman–Crippen MR) is 83.6 cm³/mol. The first-order valence-electron chi connectivity index (χ1n) is 6.65. The molecule has 0 bridgehead atoms. The number of hydrogen-bond acceptors (Lipinski definition) is 4. The Morgan fingerprint density at radius 2 is 2.10 bits per heavy atom. The molecule has 1 atom stereocenters. The quantitative estimate of drug-likeness (QED) is 0.811. The number of carbonyl (C=O) groups is 2. The largest absolute Gasteiger partial charge is 0.384 e. The van der Waals surface area contributed by atoms with Crippen molar-refractivity contribution in [3.8, 4) is 0 Å². The average molecular weight is 301 g/mol. The van der Waals surface area contributed by atoms with Crippen molar-refractivity contribution in [2.24, 2.45) is 11.7 Å². The highest BCUT2D eigenvalue weighted by atomic mass is 32.1. The summed E-state index contributed by atoms with van der Waals surface area (Å²) in [6.45, 7) is 0.583. The van der Waals surface area contributed by atoms with Crippen LogP contribution in [-0.2, 0) is 11.2 Å². The summed E-state index contributed by atoms with van der Waals surface area (Å²) in [5.74, 6) is -0.789. The Balaban J connectivity index is 1.72. The number of fused-ring (bicyclic) bond motifs is 1. The molecular weight excluding hydrogens is 286 g/mol. The molecule has 0 spiro atoms. The number of nitrogens with one attached hydrogen (secondary N) is 2. The van der Waals surface area contributed by atoms with E-state index in [-0.39, 0.29) is 11.8 Å². The number of thiophene rings is 1. The number of anilines is 2. The summed E-state index contributed by atoms with van der Waals surface area (Å²) in [6, 6.07) is 9.58. The molecule has 5 nitrogen and oxygen atoms in total. The van der Waals surface area contributed by atoms with Crippen molar-refractivity contribution < 1.29 is 9.59 Å². The molecule has 2 aromatic rings. The summed E-state index contributed by atoms with van der Waals surface area (Å²) in [7, 11) is 0. The molecule has 2 heterocycles. The van der Waals surface area contributed by atoms with E-state index in [1.165, 1.54) is 11.3 Å². The van der Waals surface area contributed by atoms with E-state index in [0.29, 0.717) is 23.5 Å². The van der Waals surface area contributed by atoms with E-state index in [1.807, 2.05) is 24.3 Å². The molecule has 0 radical (unpaired) electrons. The van der Waals surface area contributed by atoms with E-state index in [0.717, 1.165) is 11.3 Å². The van der Waals surface area contributed by atoms with Gasteiger partial charge in [0.1, 0.15) is 5.00 Å². The number of nitrogens with two attached hydrogens (primary N) is 1. The number of hydrogen-bond donors (Lipinski definition) is 3. The van der Waals surface area contributed by atoms with Crippen LogP contribution in [-0.4, -0.2) is 18.4 Å². The summed E-state index contributed by atoms with van der Waals surface area (Å²) >= 11 is 1.30. The molecule has 6 heteroatoms. The zero-order chi connectivity index (χ0) is 14.8. The van der Waals surface area contributed by atoms with Gasteiger partial charge in [-0.15, -0.1) is 11.3 Å². The number of amides is 2. The van der Waals surface area contributed by atoms with Crippen LogP contribution >= 0.6 is 11.3 Å². The molecule has 1 aromatic carbocycles. The van der Waals surface area contributed by atoms with Crippen molar-refractivity contribution in [2.75, 3.05) is 17.2 Å². The zero-order valence-corrected chi connectivity index (χ0v) is 12.1. The predicted octanol–water partition coefficient (Wildman–Crippen LogP) is 2.07. The van der Waals surface area contributed by atoms with E-state index in [1.54, 1.807) is 11.4 Å². The van der Waals surface area contributed by atoms with Crippen molar-refractivity contribution >= 4 is 33.8 Å². The first-order chi connectivity index (χ1) is 10.1. The van der Waals surface area contributed by atoms with E-state index in [9.17, 15) is 9.59 Å². The number of benzene rings is 1. The van der Waals surface area contributed by atoms with Crippen LogP contribution in [0.3, 0.4) is 0 Å². The zero-order valence-electron chi connectivity index (χ0n) is 11.3. The van der Waals surface area contributed by atoms with Crippen LogP contribution in [0, 0.1) is 5.92 Å². The molecule has 0 saturated carbocycles. The Hall–Kier alpha value is -2.34. The number of carbonyl (C=O) groups excluding carboxylic acids is 2. The molecule has 1 unspecified atom stereocenters. The van der Waals surface area contributed by atoms with Gasteiger partial charge in [0.2, 0.25) is 5.91 Å². The Labute approximate surface area is 126 Å². The highest BCUT2D eigenvalue weighted by Gasteiger charge is 2.25. The van der Waals surface area contributed by atoms with Crippen LogP contribution in [0.25, 0.3) is 0 Å². The highest BCUT2D eigenvalue weighted by Crippen LogP contribution is 2.27. The van der Waals surface area contributed by atoms with Gasteiger partial charge >= 0.3 is 0 Å². The van der Waals surface area contributed by atoms with E-state index < -0.39 is 5.91 Å². The third-order valence-corrected chi connectivity index (χ3v) is 4.39. The van der Waals surface area contributed by atoms with Crippen molar-refractivity contribution in [1.82, 2.24) is 0 Å². The fourth-order valence-electron chi connectivity index (χ4n) is 2.44. The van der Waals surface area contributed by atoms with Crippen molar-refractivity contribution in [3.63, 3.8) is 0 Å². The van der Waals surface area contributed by atoms with Crippen LogP contribution in [0.2, 0.25) is 0 Å². The molecule has 1 aliphatic heterocycles. The lowest BCUT2D eigenvalue weighted by molar-refractivity contribution is -0.119. The number of para-hydroxylation sites is 1. The SMILES string of the molecule is NC(=O)c1ccsc1NC(=O)C1CNc2ccccc2C1. The lowest BCUT2D eigenvalue weighted by Gasteiger charge is -2.25. The minimum atomic E-state index is -0.529. The first-order valence-corrected chi connectivity index (χ1v) is 7.53. The summed E-state index contributed by atoms with van der Waals surface area (Å²) in [5, 5.41) is 8.33. The smallest absolute Gasteiger partial charge is 0.251 e. The van der Waals surface area contributed by atoms with Gasteiger partial charge in [-0.05, 0) is 29.5 Å². The van der Waals surface area contributed by atoms with E-state index in [4.69, 9.17) is 5.73 Å². The van der Waals surface area contributed by atoms with Gasteiger partial charge < -0.3 is 16.4 Å². The second kappa shape index (κ2) is 5.57. The molecule has 1 aliphatic rings. The summed E-state index contributed by atoms with van der Waals surface area (Å²) in [6.07, 6.45) is 0.687. The van der Waals surface area contributed by atoms with Gasteiger partial charge in [0.05, 0.1) is 11.5 Å². The third-order valence-electron chi connectivity index (χ3n) is 3.56. The first kappa shape index (κ1) is 13.6. The summed E-state index contributed by atoms with van der Waals surface area (Å²) < 4.78 is 0. The summed E-state index contributed by atoms with van der Waals surface area (Å²) in [5.41, 5.74) is 7.85. The lowest BCUT2D eigenvalue weighted by atomic mass is 9.93. The van der Waals surface area contributed by atoms with Crippen LogP contribution in [0.4, 0.5) is 10.7 Å². The van der Waals surface area contributed by atoms with Crippen LogP contribution in [0.15, 0.2) is 35.7 Å². The lowest BCUT2D eigenvalue weighted by Crippen LogP contribution is -2.34. The molecule has 0 aliphatic carbocycles. The average Bonchev–Trinajstić information content (AvgIpc) is 2.95. The Morgan fingerprint density at radius 3 is 2.90 bits per heavy atom. The Kier molecular flexibility index (Phi) is 3.62. The molecular formula is C15H15N3O2S. The van der Waals surface area contributed by atoms with Gasteiger partial charge in [-0.1, -0.05) is 18.2 Å². The fraction of sp³-hybridized carbons (Fsp3) is 0.200. The van der Waals surface area contributed by atoms with Crippen molar-refractivity contribution in [1.29, 1.82) is 0 Å². The second-order valence-corrected chi connectivity index (χ2v) is 5.87. The number of primary amides is 1. The third kappa shape index (κ3) is 2.75. The van der Waals surface area contributed by atoms with Crippen molar-refractivity contribution in [3.05, 3.63) is 46.8 Å². The maximum atomic E-state index is 12.4. The van der Waals surface area contributed by atoms with E-state index in [2.05, 4.69) is 10.6 Å². The van der Waals surface area contributed by atoms with Gasteiger partial charge in [0.25, 0.3) is 5.91 Å². The minimum Gasteiger partial charge on any atom is -0.384 e. The minimum absolute atomic E-state index is 0.0954. The molecule has 0 saturated heterocycles. The van der Waals surface area contributed by atoms with Crippen molar-refractivity contribution in [2.45, 2.75) is 6.42 Å². The molecule has 1 aromatic heterocycles. The van der Waals surface area contributed by atoms with Gasteiger partial charge in [0.15, 0.2) is 0 Å². The fourth-order valence-corrected chi connectivity index (χ4v) is 3.24. The van der Waals surface area contributed by atoms with Gasteiger partial charge in [-0.3, -0.25) is 9.59 Å². The van der Waals surface area contributed by atoms with Crippen LogP contribution in [0.1, 0.15) is 15.9 Å². The van der Waals surface area contributed by atoms with Gasteiger partial charge in [-0.2, -0.15) is 0 Å². The molecule has 108 valence electrons. The van der Waals surface area contributed by atoms with Gasteiger partial charge in [0, 0.05) is 12.2 Å². The highest BCUT2D eigenvalue weighted by molar-refractivity contribution is 7.14. The molecule has 4 N–H and O–H groups in total. The normalized spacial score (nSPS) is 16.7. The molecule has 2 amide bonds. The summed E-state index contributed by atoms with van der Waals surface area (Å²) in [4.78, 5) is 23.6. The van der Waals surface area contributed by atoms with Crippen LogP contribution in [0.5, 0.6) is 0 Å². The number of rotatable bonds is 3. The monoisotopic (exact) mass is 301 g/mol. The molecule has 0 fully saturated rings. The molecule has 21 heavy (non-hydrogen) atoms. The second-order valence-electron chi connectivity index (χ2n) is 4.96. The Bertz CT molecular complexity index is 696. The standard InChI is InChI=1S/C15H15N3O2S/c16-13(19)11-5-6-21-15(11)18-14(20)10-7-9-3-1-2-4-12(9)17-8-10/h1-6,10,17H,7-8H2,(H2,16,19)(H,18,20). The maximum absolute atomic E-state index is 12.4. The molecule has 3 rings (SSSR count). The topological polar surface area (TPSA) is 84.2 Å². The van der Waals surface area contributed by atoms with Crippen LogP contribution < -0.4 is 16.4 Å². The van der Waals surface area contributed by atoms with E-state index >= 15 is 0 Å². The van der Waals surface area contributed by atoms with Gasteiger partial charge in [-0.25, -0.2) is 0 Å².